The maximum absolute atomic E-state index is 13.2. The van der Waals surface area contributed by atoms with E-state index in [0.717, 1.165) is 39.9 Å². The highest BCUT2D eigenvalue weighted by molar-refractivity contribution is 7.92. The number of para-hydroxylation sites is 1. The molecule has 0 aliphatic carbocycles. The summed E-state index contributed by atoms with van der Waals surface area (Å²) in [4.78, 5) is 18.0. The SMILES string of the molecule is CCCn1c(=NC(=O)c2ccccc2NS(=O)(=O)c2ccc(F)cc2)sc2cc(C)c(C)cc21. The molecule has 0 aliphatic rings. The number of nitrogens with one attached hydrogen (secondary N) is 1. The monoisotopic (exact) mass is 497 g/mol. The van der Waals surface area contributed by atoms with Gasteiger partial charge in [-0.2, -0.15) is 4.99 Å². The normalized spacial score (nSPS) is 12.3. The van der Waals surface area contributed by atoms with Gasteiger partial charge in [0.2, 0.25) is 0 Å². The molecule has 3 aromatic carbocycles. The Labute approximate surface area is 201 Å². The number of benzene rings is 3. The lowest BCUT2D eigenvalue weighted by molar-refractivity contribution is 0.0998. The maximum atomic E-state index is 13.2. The van der Waals surface area contributed by atoms with Crippen LogP contribution in [0.5, 0.6) is 0 Å². The van der Waals surface area contributed by atoms with Crippen molar-refractivity contribution in [3.8, 4) is 0 Å². The number of aryl methyl sites for hydroxylation is 3. The van der Waals surface area contributed by atoms with Crippen molar-refractivity contribution in [2.45, 2.75) is 38.6 Å². The van der Waals surface area contributed by atoms with E-state index < -0.39 is 21.7 Å². The van der Waals surface area contributed by atoms with Crippen LogP contribution in [-0.2, 0) is 16.6 Å². The smallest absolute Gasteiger partial charge is 0.281 e. The fourth-order valence-electron chi connectivity index (χ4n) is 3.57. The van der Waals surface area contributed by atoms with Crippen LogP contribution >= 0.6 is 11.3 Å². The van der Waals surface area contributed by atoms with Crippen LogP contribution in [0.1, 0.15) is 34.8 Å². The second kappa shape index (κ2) is 9.52. The zero-order chi connectivity index (χ0) is 24.5. The number of fused-ring (bicyclic) bond motifs is 1. The molecule has 176 valence electrons. The second-order valence-electron chi connectivity index (χ2n) is 7.96. The lowest BCUT2D eigenvalue weighted by Crippen LogP contribution is -2.18. The Hall–Kier alpha value is -3.30. The molecule has 9 heteroatoms. The third-order valence-electron chi connectivity index (χ3n) is 5.47. The molecule has 0 bridgehead atoms. The van der Waals surface area contributed by atoms with E-state index in [2.05, 4.69) is 28.8 Å². The average Bonchev–Trinajstić information content (AvgIpc) is 3.10. The number of amides is 1. The Bertz CT molecular complexity index is 1550. The molecule has 0 saturated heterocycles. The fraction of sp³-hybridized carbons (Fsp3) is 0.200. The lowest BCUT2D eigenvalue weighted by Gasteiger charge is -2.11. The minimum Gasteiger partial charge on any atom is -0.316 e. The number of sulfonamides is 1. The number of rotatable bonds is 6. The molecule has 1 heterocycles. The summed E-state index contributed by atoms with van der Waals surface area (Å²) < 4.78 is 44.3. The van der Waals surface area contributed by atoms with Gasteiger partial charge < -0.3 is 4.57 Å². The van der Waals surface area contributed by atoms with E-state index in [1.165, 1.54) is 35.6 Å². The highest BCUT2D eigenvalue weighted by atomic mass is 32.2. The van der Waals surface area contributed by atoms with Gasteiger partial charge in [0.05, 0.1) is 26.4 Å². The zero-order valence-corrected chi connectivity index (χ0v) is 20.6. The van der Waals surface area contributed by atoms with E-state index in [0.29, 0.717) is 11.3 Å². The average molecular weight is 498 g/mol. The molecular weight excluding hydrogens is 473 g/mol. The van der Waals surface area contributed by atoms with Crippen LogP contribution in [-0.4, -0.2) is 18.9 Å². The van der Waals surface area contributed by atoms with Crippen molar-refractivity contribution < 1.29 is 17.6 Å². The molecule has 1 N–H and O–H groups in total. The maximum Gasteiger partial charge on any atom is 0.281 e. The van der Waals surface area contributed by atoms with Crippen LogP contribution in [0.4, 0.5) is 10.1 Å². The Morgan fingerprint density at radius 3 is 2.44 bits per heavy atom. The molecule has 0 spiro atoms. The molecule has 1 aromatic heterocycles. The van der Waals surface area contributed by atoms with Crippen LogP contribution < -0.4 is 9.52 Å². The van der Waals surface area contributed by atoms with Gasteiger partial charge in [0.15, 0.2) is 4.80 Å². The van der Waals surface area contributed by atoms with Gasteiger partial charge in [-0.25, -0.2) is 12.8 Å². The van der Waals surface area contributed by atoms with Crippen LogP contribution in [0.25, 0.3) is 10.2 Å². The van der Waals surface area contributed by atoms with Gasteiger partial charge in [0.25, 0.3) is 15.9 Å². The molecule has 34 heavy (non-hydrogen) atoms. The Kier molecular flexibility index (Phi) is 6.67. The summed E-state index contributed by atoms with van der Waals surface area (Å²) in [6.07, 6.45) is 0.869. The van der Waals surface area contributed by atoms with Crippen LogP contribution in [0.15, 0.2) is 70.6 Å². The number of thiazole rings is 1. The highest BCUT2D eigenvalue weighted by Gasteiger charge is 2.19. The first-order chi connectivity index (χ1) is 16.2. The first-order valence-corrected chi connectivity index (χ1v) is 13.1. The summed E-state index contributed by atoms with van der Waals surface area (Å²) in [6.45, 7) is 6.86. The number of hydrogen-bond acceptors (Lipinski definition) is 4. The number of carbonyl (C=O) groups is 1. The van der Waals surface area contributed by atoms with E-state index >= 15 is 0 Å². The lowest BCUT2D eigenvalue weighted by atomic mass is 10.1. The Balaban J connectivity index is 1.76. The van der Waals surface area contributed by atoms with Crippen LogP contribution in [0.2, 0.25) is 0 Å². The fourth-order valence-corrected chi connectivity index (χ4v) is 5.78. The number of anilines is 1. The van der Waals surface area contributed by atoms with Crippen molar-refractivity contribution in [2.75, 3.05) is 4.72 Å². The summed E-state index contributed by atoms with van der Waals surface area (Å²) in [7, 11) is -4.02. The van der Waals surface area contributed by atoms with Crippen molar-refractivity contribution in [3.63, 3.8) is 0 Å². The minimum absolute atomic E-state index is 0.107. The van der Waals surface area contributed by atoms with Gasteiger partial charge >= 0.3 is 0 Å². The van der Waals surface area contributed by atoms with E-state index in [9.17, 15) is 17.6 Å². The van der Waals surface area contributed by atoms with Gasteiger partial charge in [-0.05, 0) is 79.9 Å². The molecule has 4 aromatic rings. The molecule has 6 nitrogen and oxygen atoms in total. The Morgan fingerprint density at radius 2 is 1.74 bits per heavy atom. The molecule has 0 saturated carbocycles. The highest BCUT2D eigenvalue weighted by Crippen LogP contribution is 2.24. The quantitative estimate of drug-likeness (QED) is 0.387. The standard InChI is InChI=1S/C25H24FN3O3S2/c1-4-13-29-22-14-16(2)17(3)15-23(22)33-25(29)27-24(30)20-7-5-6-8-21(20)28-34(31,32)19-11-9-18(26)10-12-19/h5-12,14-15,28H,4,13H2,1-3H3. The van der Waals surface area contributed by atoms with E-state index in [1.807, 2.05) is 18.4 Å². The molecule has 0 radical (unpaired) electrons. The number of halogens is 1. The minimum atomic E-state index is -4.02. The van der Waals surface area contributed by atoms with Crippen LogP contribution in [0, 0.1) is 19.7 Å². The molecule has 0 aliphatic heterocycles. The molecule has 1 amide bonds. The van der Waals surface area contributed by atoms with E-state index in [-0.39, 0.29) is 16.1 Å². The molecule has 0 unspecified atom stereocenters. The summed E-state index contributed by atoms with van der Waals surface area (Å²) in [5, 5.41) is 0. The summed E-state index contributed by atoms with van der Waals surface area (Å²) in [6, 6.07) is 15.0. The van der Waals surface area contributed by atoms with E-state index in [1.54, 1.807) is 12.1 Å². The van der Waals surface area contributed by atoms with Crippen molar-refractivity contribution in [3.05, 3.63) is 88.0 Å². The third-order valence-corrected chi connectivity index (χ3v) is 7.89. The zero-order valence-electron chi connectivity index (χ0n) is 19.0. The number of nitrogens with zero attached hydrogens (tertiary/aromatic N) is 2. The first-order valence-electron chi connectivity index (χ1n) is 10.8. The molecule has 4 rings (SSSR count). The van der Waals surface area contributed by atoms with Gasteiger partial charge in [0.1, 0.15) is 5.82 Å². The Morgan fingerprint density at radius 1 is 1.06 bits per heavy atom. The first kappa shape index (κ1) is 23.8. The molecule has 0 atom stereocenters. The van der Waals surface area contributed by atoms with Crippen molar-refractivity contribution >= 4 is 43.2 Å². The number of carbonyl (C=O) groups excluding carboxylic acids is 1. The second-order valence-corrected chi connectivity index (χ2v) is 10.7. The van der Waals surface area contributed by atoms with Crippen molar-refractivity contribution in [1.29, 1.82) is 0 Å². The van der Waals surface area contributed by atoms with Crippen molar-refractivity contribution in [2.24, 2.45) is 4.99 Å². The summed E-state index contributed by atoms with van der Waals surface area (Å²) >= 11 is 1.43. The number of aromatic nitrogens is 1. The largest absolute Gasteiger partial charge is 0.316 e. The van der Waals surface area contributed by atoms with Crippen molar-refractivity contribution in [1.82, 2.24) is 4.57 Å². The third kappa shape index (κ3) is 4.80. The topological polar surface area (TPSA) is 80.5 Å². The summed E-state index contributed by atoms with van der Waals surface area (Å²) in [5.41, 5.74) is 3.58. The summed E-state index contributed by atoms with van der Waals surface area (Å²) in [5.74, 6) is -1.09. The predicted molar refractivity (Wildman–Crippen MR) is 133 cm³/mol. The van der Waals surface area contributed by atoms with Gasteiger partial charge in [-0.3, -0.25) is 9.52 Å². The predicted octanol–water partition coefficient (Wildman–Crippen LogP) is 5.41. The molecular formula is C25H24FN3O3S2. The van der Waals surface area contributed by atoms with Gasteiger partial charge in [-0.15, -0.1) is 0 Å². The number of hydrogen-bond donors (Lipinski definition) is 1. The van der Waals surface area contributed by atoms with Gasteiger partial charge in [0, 0.05) is 6.54 Å². The van der Waals surface area contributed by atoms with Gasteiger partial charge in [-0.1, -0.05) is 30.4 Å². The molecule has 0 fully saturated rings. The van der Waals surface area contributed by atoms with Crippen LogP contribution in [0.3, 0.4) is 0 Å². The van der Waals surface area contributed by atoms with E-state index in [4.69, 9.17) is 0 Å².